The predicted octanol–water partition coefficient (Wildman–Crippen LogP) is 3.11. The normalized spacial score (nSPS) is 16.0. The van der Waals surface area contributed by atoms with E-state index in [1.807, 2.05) is 18.2 Å². The Bertz CT molecular complexity index is 758. The summed E-state index contributed by atoms with van der Waals surface area (Å²) >= 11 is 0. The zero-order valence-electron chi connectivity index (χ0n) is 13.8. The number of benzene rings is 2. The number of fused-ring (bicyclic) bond motifs is 1. The first-order chi connectivity index (χ1) is 12.1. The van der Waals surface area contributed by atoms with Crippen molar-refractivity contribution >= 4 is 11.9 Å². The molecule has 1 aliphatic carbocycles. The van der Waals surface area contributed by atoms with Gasteiger partial charge in [0.25, 0.3) is 5.91 Å². The van der Waals surface area contributed by atoms with Crippen LogP contribution in [-0.2, 0) is 27.2 Å². The molecule has 0 radical (unpaired) electrons. The zero-order chi connectivity index (χ0) is 17.6. The molecular formula is C20H20FNO3. The van der Waals surface area contributed by atoms with Gasteiger partial charge in [-0.25, -0.2) is 4.39 Å². The summed E-state index contributed by atoms with van der Waals surface area (Å²) in [5.41, 5.74) is 3.04. The van der Waals surface area contributed by atoms with Crippen molar-refractivity contribution in [2.75, 3.05) is 6.61 Å². The lowest BCUT2D eigenvalue weighted by Gasteiger charge is -2.26. The zero-order valence-corrected chi connectivity index (χ0v) is 13.8. The van der Waals surface area contributed by atoms with Gasteiger partial charge in [-0.3, -0.25) is 9.59 Å². The van der Waals surface area contributed by atoms with E-state index in [9.17, 15) is 14.0 Å². The molecule has 0 aliphatic heterocycles. The second-order valence-corrected chi connectivity index (χ2v) is 6.18. The standard InChI is InChI=1S/C20H20FNO3/c21-16-10-8-14(9-11-16)12-20(24)25-13-19(23)22-18-7-3-5-15-4-1-2-6-17(15)18/h1-2,4,6,8-11,18H,3,5,7,12-13H2,(H,22,23)/t18-/m1/s1. The van der Waals surface area contributed by atoms with Crippen LogP contribution in [0.1, 0.15) is 35.6 Å². The molecule has 4 nitrogen and oxygen atoms in total. The molecular weight excluding hydrogens is 321 g/mol. The SMILES string of the molecule is O=C(COC(=O)Cc1ccc(F)cc1)N[C@@H]1CCCc2ccccc21. The second-order valence-electron chi connectivity index (χ2n) is 6.18. The van der Waals surface area contributed by atoms with Gasteiger partial charge in [0.15, 0.2) is 6.61 Å². The van der Waals surface area contributed by atoms with Crippen molar-refractivity contribution in [3.05, 3.63) is 71.0 Å². The van der Waals surface area contributed by atoms with Crippen molar-refractivity contribution in [3.8, 4) is 0 Å². The fraction of sp³-hybridized carbons (Fsp3) is 0.300. The molecule has 3 rings (SSSR count). The third-order valence-corrected chi connectivity index (χ3v) is 4.33. The Morgan fingerprint density at radius 1 is 1.12 bits per heavy atom. The van der Waals surface area contributed by atoms with Crippen LogP contribution in [0.5, 0.6) is 0 Å². The van der Waals surface area contributed by atoms with Crippen molar-refractivity contribution < 1.29 is 18.7 Å². The number of carbonyl (C=O) groups excluding carboxylic acids is 2. The van der Waals surface area contributed by atoms with Crippen LogP contribution in [0.15, 0.2) is 48.5 Å². The summed E-state index contributed by atoms with van der Waals surface area (Å²) in [6.45, 7) is -0.307. The van der Waals surface area contributed by atoms with Crippen molar-refractivity contribution in [2.45, 2.75) is 31.7 Å². The van der Waals surface area contributed by atoms with Gasteiger partial charge in [-0.2, -0.15) is 0 Å². The molecule has 25 heavy (non-hydrogen) atoms. The third-order valence-electron chi connectivity index (χ3n) is 4.33. The molecule has 1 aliphatic rings. The van der Waals surface area contributed by atoms with Crippen LogP contribution in [0.3, 0.4) is 0 Å². The molecule has 0 spiro atoms. The van der Waals surface area contributed by atoms with E-state index in [2.05, 4.69) is 11.4 Å². The van der Waals surface area contributed by atoms with E-state index >= 15 is 0 Å². The van der Waals surface area contributed by atoms with E-state index in [0.717, 1.165) is 24.8 Å². The summed E-state index contributed by atoms with van der Waals surface area (Å²) in [6.07, 6.45) is 2.94. The lowest BCUT2D eigenvalue weighted by Crippen LogP contribution is -2.34. The largest absolute Gasteiger partial charge is 0.455 e. The first-order valence-corrected chi connectivity index (χ1v) is 8.39. The van der Waals surface area contributed by atoms with Crippen LogP contribution in [0.4, 0.5) is 4.39 Å². The molecule has 0 aromatic heterocycles. The number of nitrogens with one attached hydrogen (secondary N) is 1. The maximum atomic E-state index is 12.8. The van der Waals surface area contributed by atoms with Crippen LogP contribution in [-0.4, -0.2) is 18.5 Å². The highest BCUT2D eigenvalue weighted by atomic mass is 19.1. The van der Waals surface area contributed by atoms with Gasteiger partial charge in [0.1, 0.15) is 5.82 Å². The van der Waals surface area contributed by atoms with Crippen molar-refractivity contribution in [2.24, 2.45) is 0 Å². The van der Waals surface area contributed by atoms with Crippen LogP contribution in [0, 0.1) is 5.82 Å². The van der Waals surface area contributed by atoms with Crippen molar-refractivity contribution in [1.29, 1.82) is 0 Å². The molecule has 2 aromatic rings. The van der Waals surface area contributed by atoms with Crippen LogP contribution < -0.4 is 5.32 Å². The topological polar surface area (TPSA) is 55.4 Å². The van der Waals surface area contributed by atoms with Crippen molar-refractivity contribution in [3.63, 3.8) is 0 Å². The Balaban J connectivity index is 1.48. The summed E-state index contributed by atoms with van der Waals surface area (Å²) < 4.78 is 17.9. The van der Waals surface area contributed by atoms with E-state index in [1.165, 1.54) is 29.8 Å². The number of esters is 1. The minimum absolute atomic E-state index is 0.0137. The Hall–Kier alpha value is -2.69. The maximum absolute atomic E-state index is 12.8. The highest BCUT2D eigenvalue weighted by molar-refractivity contribution is 5.81. The van der Waals surface area contributed by atoms with E-state index in [0.29, 0.717) is 5.56 Å². The first kappa shape index (κ1) is 17.1. The number of carbonyl (C=O) groups is 2. The molecule has 0 heterocycles. The molecule has 0 saturated heterocycles. The average molecular weight is 341 g/mol. The number of ether oxygens (including phenoxy) is 1. The van der Waals surface area contributed by atoms with Crippen molar-refractivity contribution in [1.82, 2.24) is 5.32 Å². The first-order valence-electron chi connectivity index (χ1n) is 8.39. The summed E-state index contributed by atoms with van der Waals surface area (Å²) in [4.78, 5) is 23.9. The number of amides is 1. The van der Waals surface area contributed by atoms with Gasteiger partial charge in [0.2, 0.25) is 0 Å². The fourth-order valence-electron chi connectivity index (χ4n) is 3.11. The molecule has 0 saturated carbocycles. The third kappa shape index (κ3) is 4.66. The Labute approximate surface area is 146 Å². The predicted molar refractivity (Wildman–Crippen MR) is 91.3 cm³/mol. The van der Waals surface area contributed by atoms with Gasteiger partial charge in [-0.1, -0.05) is 36.4 Å². The van der Waals surface area contributed by atoms with E-state index in [4.69, 9.17) is 4.74 Å². The highest BCUT2D eigenvalue weighted by Gasteiger charge is 2.21. The molecule has 0 fully saturated rings. The van der Waals surface area contributed by atoms with Gasteiger partial charge in [0.05, 0.1) is 12.5 Å². The molecule has 0 bridgehead atoms. The number of rotatable bonds is 5. The Morgan fingerprint density at radius 2 is 1.88 bits per heavy atom. The lowest BCUT2D eigenvalue weighted by atomic mass is 9.88. The van der Waals surface area contributed by atoms with Gasteiger partial charge in [0, 0.05) is 0 Å². The average Bonchev–Trinajstić information content (AvgIpc) is 2.62. The van der Waals surface area contributed by atoms with E-state index < -0.39 is 5.97 Å². The molecule has 1 atom stereocenters. The summed E-state index contributed by atoms with van der Waals surface area (Å²) in [6, 6.07) is 13.7. The van der Waals surface area contributed by atoms with E-state index in [-0.39, 0.29) is 30.8 Å². The molecule has 2 aromatic carbocycles. The van der Waals surface area contributed by atoms with Gasteiger partial charge < -0.3 is 10.1 Å². The Morgan fingerprint density at radius 3 is 2.68 bits per heavy atom. The van der Waals surface area contributed by atoms with E-state index in [1.54, 1.807) is 0 Å². The molecule has 130 valence electrons. The van der Waals surface area contributed by atoms with Gasteiger partial charge >= 0.3 is 5.97 Å². The molecule has 1 N–H and O–H groups in total. The quantitative estimate of drug-likeness (QED) is 0.850. The second kappa shape index (κ2) is 7.92. The summed E-state index contributed by atoms with van der Waals surface area (Å²) in [5.74, 6) is -1.18. The number of halogens is 1. The lowest BCUT2D eigenvalue weighted by molar-refractivity contribution is -0.148. The number of hydrogen-bond acceptors (Lipinski definition) is 3. The molecule has 0 unspecified atom stereocenters. The molecule has 5 heteroatoms. The van der Waals surface area contributed by atoms with Crippen LogP contribution >= 0.6 is 0 Å². The fourth-order valence-corrected chi connectivity index (χ4v) is 3.11. The number of aryl methyl sites for hydroxylation is 1. The van der Waals surface area contributed by atoms with Crippen LogP contribution in [0.25, 0.3) is 0 Å². The Kier molecular flexibility index (Phi) is 5.43. The number of hydrogen-bond donors (Lipinski definition) is 1. The monoisotopic (exact) mass is 341 g/mol. The minimum atomic E-state index is -0.509. The van der Waals surface area contributed by atoms with Gasteiger partial charge in [-0.05, 0) is 48.1 Å². The minimum Gasteiger partial charge on any atom is -0.455 e. The summed E-state index contributed by atoms with van der Waals surface area (Å²) in [7, 11) is 0. The van der Waals surface area contributed by atoms with Crippen LogP contribution in [0.2, 0.25) is 0 Å². The highest BCUT2D eigenvalue weighted by Crippen LogP contribution is 2.29. The smallest absolute Gasteiger partial charge is 0.310 e. The maximum Gasteiger partial charge on any atom is 0.310 e. The molecule has 1 amide bonds. The van der Waals surface area contributed by atoms with Gasteiger partial charge in [-0.15, -0.1) is 0 Å². The summed E-state index contributed by atoms with van der Waals surface area (Å²) in [5, 5.41) is 2.94.